The first-order chi connectivity index (χ1) is 7.30. The lowest BCUT2D eigenvalue weighted by atomic mass is 10.3. The SMILES string of the molecule is CC(C)CS(=O)(=O)Nc1ccc(Cl)cc1N. The molecule has 6 heteroatoms. The van der Waals surface area contributed by atoms with Crippen molar-refractivity contribution >= 4 is 33.0 Å². The van der Waals surface area contributed by atoms with Crippen LogP contribution in [0, 0.1) is 5.92 Å². The Hall–Kier alpha value is -0.940. The van der Waals surface area contributed by atoms with Crippen molar-refractivity contribution in [3.63, 3.8) is 0 Å². The molecule has 0 saturated carbocycles. The van der Waals surface area contributed by atoms with E-state index in [-0.39, 0.29) is 11.7 Å². The minimum absolute atomic E-state index is 0.0611. The molecule has 0 atom stereocenters. The van der Waals surface area contributed by atoms with Gasteiger partial charge in [0.1, 0.15) is 0 Å². The molecule has 0 saturated heterocycles. The number of halogens is 1. The Kier molecular flexibility index (Phi) is 4.04. The molecule has 0 radical (unpaired) electrons. The van der Waals surface area contributed by atoms with Gasteiger partial charge in [-0.05, 0) is 24.1 Å². The summed E-state index contributed by atoms with van der Waals surface area (Å²) in [5.41, 5.74) is 6.33. The number of benzene rings is 1. The number of sulfonamides is 1. The van der Waals surface area contributed by atoms with Crippen LogP contribution in [-0.4, -0.2) is 14.2 Å². The largest absolute Gasteiger partial charge is 0.397 e. The summed E-state index contributed by atoms with van der Waals surface area (Å²) < 4.78 is 25.7. The normalized spacial score (nSPS) is 11.8. The molecule has 16 heavy (non-hydrogen) atoms. The van der Waals surface area contributed by atoms with E-state index < -0.39 is 10.0 Å². The van der Waals surface area contributed by atoms with Crippen LogP contribution < -0.4 is 10.5 Å². The van der Waals surface area contributed by atoms with E-state index in [1.54, 1.807) is 12.1 Å². The molecule has 0 unspecified atom stereocenters. The highest BCUT2D eigenvalue weighted by Gasteiger charge is 2.14. The van der Waals surface area contributed by atoms with Gasteiger partial charge in [-0.25, -0.2) is 8.42 Å². The Balaban J connectivity index is 2.88. The van der Waals surface area contributed by atoms with Crippen molar-refractivity contribution in [3.8, 4) is 0 Å². The molecular weight excluding hydrogens is 248 g/mol. The van der Waals surface area contributed by atoms with Crippen molar-refractivity contribution in [1.29, 1.82) is 0 Å². The highest BCUT2D eigenvalue weighted by molar-refractivity contribution is 7.92. The first kappa shape index (κ1) is 13.1. The summed E-state index contributed by atoms with van der Waals surface area (Å²) >= 11 is 5.72. The summed E-state index contributed by atoms with van der Waals surface area (Å²) in [6.45, 7) is 3.68. The maximum Gasteiger partial charge on any atom is 0.233 e. The number of rotatable bonds is 4. The molecule has 0 amide bonds. The highest BCUT2D eigenvalue weighted by Crippen LogP contribution is 2.23. The molecule has 90 valence electrons. The van der Waals surface area contributed by atoms with Crippen LogP contribution in [0.1, 0.15) is 13.8 Å². The van der Waals surface area contributed by atoms with Crippen molar-refractivity contribution in [2.24, 2.45) is 5.92 Å². The van der Waals surface area contributed by atoms with Gasteiger partial charge in [0.05, 0.1) is 17.1 Å². The average Bonchev–Trinajstić information content (AvgIpc) is 2.07. The number of anilines is 2. The zero-order valence-electron chi connectivity index (χ0n) is 9.20. The number of nitrogens with two attached hydrogens (primary N) is 1. The van der Waals surface area contributed by atoms with Crippen LogP contribution in [0.3, 0.4) is 0 Å². The molecule has 4 nitrogen and oxygen atoms in total. The summed E-state index contributed by atoms with van der Waals surface area (Å²) in [6, 6.07) is 4.65. The lowest BCUT2D eigenvalue weighted by Gasteiger charge is -2.11. The molecule has 0 spiro atoms. The lowest BCUT2D eigenvalue weighted by Crippen LogP contribution is -2.20. The van der Waals surface area contributed by atoms with Crippen LogP contribution in [0.5, 0.6) is 0 Å². The third-order valence-electron chi connectivity index (χ3n) is 1.83. The molecule has 0 aliphatic rings. The summed E-state index contributed by atoms with van der Waals surface area (Å²) in [5.74, 6) is 0.126. The number of nitrogens with one attached hydrogen (secondary N) is 1. The fourth-order valence-electron chi connectivity index (χ4n) is 1.27. The van der Waals surface area contributed by atoms with E-state index in [0.717, 1.165) is 0 Å². The van der Waals surface area contributed by atoms with E-state index in [0.29, 0.717) is 16.4 Å². The Morgan fingerprint density at radius 2 is 2.06 bits per heavy atom. The molecule has 0 bridgehead atoms. The number of hydrogen-bond acceptors (Lipinski definition) is 3. The molecule has 0 fully saturated rings. The first-order valence-electron chi connectivity index (χ1n) is 4.85. The van der Waals surface area contributed by atoms with Gasteiger partial charge in [-0.3, -0.25) is 4.72 Å². The van der Waals surface area contributed by atoms with Crippen molar-refractivity contribution in [1.82, 2.24) is 0 Å². The predicted octanol–water partition coefficient (Wildman–Crippen LogP) is 2.32. The van der Waals surface area contributed by atoms with Gasteiger partial charge in [-0.2, -0.15) is 0 Å². The van der Waals surface area contributed by atoms with Crippen LogP contribution in [0.15, 0.2) is 18.2 Å². The molecule has 3 N–H and O–H groups in total. The second-order valence-corrected chi connectivity index (χ2v) is 6.21. The highest BCUT2D eigenvalue weighted by atomic mass is 35.5. The minimum Gasteiger partial charge on any atom is -0.397 e. The monoisotopic (exact) mass is 262 g/mol. The molecule has 0 aliphatic heterocycles. The Morgan fingerprint density at radius 3 is 2.56 bits per heavy atom. The Labute approximate surface area is 101 Å². The minimum atomic E-state index is -3.34. The fraction of sp³-hybridized carbons (Fsp3) is 0.400. The standard InChI is InChI=1S/C10H15ClN2O2S/c1-7(2)6-16(14,15)13-10-4-3-8(11)5-9(10)12/h3-5,7,13H,6,12H2,1-2H3. The van der Waals surface area contributed by atoms with E-state index in [2.05, 4.69) is 4.72 Å². The zero-order valence-corrected chi connectivity index (χ0v) is 10.8. The van der Waals surface area contributed by atoms with Crippen LogP contribution in [-0.2, 0) is 10.0 Å². The van der Waals surface area contributed by atoms with Crippen LogP contribution in [0.4, 0.5) is 11.4 Å². The molecular formula is C10H15ClN2O2S. The molecule has 0 heterocycles. The Bertz CT molecular complexity index is 472. The van der Waals surface area contributed by atoms with Crippen molar-refractivity contribution in [3.05, 3.63) is 23.2 Å². The van der Waals surface area contributed by atoms with Gasteiger partial charge < -0.3 is 5.73 Å². The molecule has 1 rings (SSSR count). The summed E-state index contributed by atoms with van der Waals surface area (Å²) in [4.78, 5) is 0. The van der Waals surface area contributed by atoms with Gasteiger partial charge in [0.2, 0.25) is 10.0 Å². The maximum atomic E-state index is 11.6. The summed E-state index contributed by atoms with van der Waals surface area (Å²) in [5, 5.41) is 0.476. The topological polar surface area (TPSA) is 72.2 Å². The van der Waals surface area contributed by atoms with E-state index in [1.165, 1.54) is 6.07 Å². The fourth-order valence-corrected chi connectivity index (χ4v) is 2.94. The third-order valence-corrected chi connectivity index (χ3v) is 3.70. The van der Waals surface area contributed by atoms with Gasteiger partial charge in [0.25, 0.3) is 0 Å². The lowest BCUT2D eigenvalue weighted by molar-refractivity contribution is 0.587. The van der Waals surface area contributed by atoms with Crippen LogP contribution >= 0.6 is 11.6 Å². The predicted molar refractivity (Wildman–Crippen MR) is 68.1 cm³/mol. The second kappa shape index (κ2) is 4.93. The Morgan fingerprint density at radius 1 is 1.44 bits per heavy atom. The second-order valence-electron chi connectivity index (χ2n) is 4.01. The van der Waals surface area contributed by atoms with E-state index >= 15 is 0 Å². The van der Waals surface area contributed by atoms with E-state index in [4.69, 9.17) is 17.3 Å². The third kappa shape index (κ3) is 3.90. The molecule has 0 aromatic heterocycles. The number of nitrogen functional groups attached to an aromatic ring is 1. The smallest absolute Gasteiger partial charge is 0.233 e. The van der Waals surface area contributed by atoms with E-state index in [1.807, 2.05) is 13.8 Å². The van der Waals surface area contributed by atoms with Gasteiger partial charge in [-0.15, -0.1) is 0 Å². The molecule has 1 aromatic carbocycles. The van der Waals surface area contributed by atoms with Crippen molar-refractivity contribution in [2.45, 2.75) is 13.8 Å². The molecule has 0 aliphatic carbocycles. The van der Waals surface area contributed by atoms with Crippen LogP contribution in [0.25, 0.3) is 0 Å². The van der Waals surface area contributed by atoms with Gasteiger partial charge in [0, 0.05) is 5.02 Å². The number of hydrogen-bond donors (Lipinski definition) is 2. The maximum absolute atomic E-state index is 11.6. The van der Waals surface area contributed by atoms with E-state index in [9.17, 15) is 8.42 Å². The van der Waals surface area contributed by atoms with Gasteiger partial charge in [-0.1, -0.05) is 25.4 Å². The quantitative estimate of drug-likeness (QED) is 0.818. The zero-order chi connectivity index (χ0) is 12.3. The van der Waals surface area contributed by atoms with Crippen molar-refractivity contribution < 1.29 is 8.42 Å². The van der Waals surface area contributed by atoms with Crippen LogP contribution in [0.2, 0.25) is 5.02 Å². The summed E-state index contributed by atoms with van der Waals surface area (Å²) in [7, 11) is -3.34. The van der Waals surface area contributed by atoms with Gasteiger partial charge >= 0.3 is 0 Å². The van der Waals surface area contributed by atoms with Crippen molar-refractivity contribution in [2.75, 3.05) is 16.2 Å². The van der Waals surface area contributed by atoms with Gasteiger partial charge in [0.15, 0.2) is 0 Å². The summed E-state index contributed by atoms with van der Waals surface area (Å²) in [6.07, 6.45) is 0. The molecule has 1 aromatic rings. The average molecular weight is 263 g/mol. The first-order valence-corrected chi connectivity index (χ1v) is 6.89.